The normalized spacial score (nSPS) is 12.6. The van der Waals surface area contributed by atoms with E-state index >= 15 is 0 Å². The van der Waals surface area contributed by atoms with Gasteiger partial charge in [-0.05, 0) is 65.7 Å². The average molecular weight is 429 g/mol. The number of fused-ring (bicyclic) bond motifs is 1. The monoisotopic (exact) mass is 429 g/mol. The van der Waals surface area contributed by atoms with E-state index in [0.717, 1.165) is 0 Å². The molecule has 0 aliphatic carbocycles. The van der Waals surface area contributed by atoms with E-state index in [9.17, 15) is 14.7 Å². The van der Waals surface area contributed by atoms with Crippen molar-refractivity contribution in [3.8, 4) is 17.2 Å². The first-order chi connectivity index (χ1) is 15.6. The van der Waals surface area contributed by atoms with Gasteiger partial charge >= 0.3 is 0 Å². The van der Waals surface area contributed by atoms with Crippen LogP contribution >= 0.6 is 0 Å². The number of benzene rings is 3. The Morgan fingerprint density at radius 2 is 1.62 bits per heavy atom. The minimum Gasteiger partial charge on any atom is -0.508 e. The number of hydrogen-bond donors (Lipinski definition) is 3. The molecule has 0 bridgehead atoms. The van der Waals surface area contributed by atoms with E-state index in [2.05, 4.69) is 15.8 Å². The molecule has 0 aromatic heterocycles. The molecule has 0 atom stereocenters. The summed E-state index contributed by atoms with van der Waals surface area (Å²) in [5.74, 6) is 0.249. The van der Waals surface area contributed by atoms with E-state index in [1.54, 1.807) is 60.7 Å². The van der Waals surface area contributed by atoms with Crippen molar-refractivity contribution in [3.63, 3.8) is 0 Å². The molecule has 3 aromatic rings. The maximum atomic E-state index is 12.8. The second-order valence-electron chi connectivity index (χ2n) is 6.78. The zero-order chi connectivity index (χ0) is 22.3. The fourth-order valence-electron chi connectivity index (χ4n) is 2.90. The number of phenolic OH excluding ortho intramolecular Hbond substituents is 1. The zero-order valence-electron chi connectivity index (χ0n) is 16.8. The predicted octanol–water partition coefficient (Wildman–Crippen LogP) is 3.04. The Labute approximate surface area is 183 Å². The van der Waals surface area contributed by atoms with E-state index in [1.807, 2.05) is 0 Å². The number of hydrogen-bond acceptors (Lipinski definition) is 6. The molecule has 8 heteroatoms. The second kappa shape index (κ2) is 9.48. The molecule has 0 unspecified atom stereocenters. The first-order valence-corrected chi connectivity index (χ1v) is 9.69. The molecule has 0 fully saturated rings. The minimum absolute atomic E-state index is 0.000532. The second-order valence-corrected chi connectivity index (χ2v) is 6.78. The van der Waals surface area contributed by atoms with Crippen LogP contribution in [0.1, 0.15) is 21.5 Å². The Kier molecular flexibility index (Phi) is 6.12. The van der Waals surface area contributed by atoms with Gasteiger partial charge in [0.15, 0.2) is 11.5 Å². The SMILES string of the molecule is O=C(N/N=C\c1ccc(O)cc1)/C(=C\c1ccc2c(c1)OCO2)NC(=O)c1ccccc1. The van der Waals surface area contributed by atoms with E-state index in [1.165, 1.54) is 24.4 Å². The van der Waals surface area contributed by atoms with E-state index in [4.69, 9.17) is 9.47 Å². The zero-order valence-corrected chi connectivity index (χ0v) is 16.8. The third-order valence-electron chi connectivity index (χ3n) is 4.51. The molecule has 1 aliphatic heterocycles. The Morgan fingerprint density at radius 1 is 0.906 bits per heavy atom. The van der Waals surface area contributed by atoms with Gasteiger partial charge in [0.2, 0.25) is 6.79 Å². The molecule has 4 rings (SSSR count). The number of carbonyl (C=O) groups is 2. The van der Waals surface area contributed by atoms with Crippen LogP contribution < -0.4 is 20.2 Å². The van der Waals surface area contributed by atoms with Crippen molar-refractivity contribution in [1.82, 2.24) is 10.7 Å². The Morgan fingerprint density at radius 3 is 2.41 bits per heavy atom. The van der Waals surface area contributed by atoms with Crippen molar-refractivity contribution in [2.24, 2.45) is 5.10 Å². The summed E-state index contributed by atoms with van der Waals surface area (Å²) in [6.07, 6.45) is 2.95. The highest BCUT2D eigenvalue weighted by atomic mass is 16.7. The first-order valence-electron chi connectivity index (χ1n) is 9.69. The fourth-order valence-corrected chi connectivity index (χ4v) is 2.90. The number of carbonyl (C=O) groups excluding carboxylic acids is 2. The fraction of sp³-hybridized carbons (Fsp3) is 0.0417. The van der Waals surface area contributed by atoms with Crippen LogP contribution in [0.4, 0.5) is 0 Å². The van der Waals surface area contributed by atoms with Gasteiger partial charge in [-0.2, -0.15) is 5.10 Å². The molecule has 1 aliphatic rings. The van der Waals surface area contributed by atoms with Crippen LogP contribution in [-0.4, -0.2) is 29.9 Å². The van der Waals surface area contributed by atoms with Crippen molar-refractivity contribution < 1.29 is 24.2 Å². The molecule has 1 heterocycles. The molecule has 2 amide bonds. The largest absolute Gasteiger partial charge is 0.508 e. The van der Waals surface area contributed by atoms with Crippen LogP contribution in [0.2, 0.25) is 0 Å². The van der Waals surface area contributed by atoms with Gasteiger partial charge < -0.3 is 19.9 Å². The Bertz CT molecular complexity index is 1190. The maximum absolute atomic E-state index is 12.8. The standard InChI is InChI=1S/C24H19N3O5/c28-19-9-6-16(7-10-19)14-25-27-24(30)20(26-23(29)18-4-2-1-3-5-18)12-17-8-11-21-22(13-17)32-15-31-21/h1-14,28H,15H2,(H,26,29)(H,27,30)/b20-12+,25-14-. The molecule has 160 valence electrons. The first kappa shape index (κ1) is 20.7. The average Bonchev–Trinajstić information content (AvgIpc) is 3.28. The minimum atomic E-state index is -0.609. The molecule has 0 radical (unpaired) electrons. The van der Waals surface area contributed by atoms with Crippen molar-refractivity contribution in [2.45, 2.75) is 0 Å². The summed E-state index contributed by atoms with van der Waals surface area (Å²) in [6.45, 7) is 0.132. The number of hydrazone groups is 1. The summed E-state index contributed by atoms with van der Waals surface area (Å²) in [5.41, 5.74) is 4.12. The molecule has 0 saturated heterocycles. The number of nitrogens with zero attached hydrogens (tertiary/aromatic N) is 1. The van der Waals surface area contributed by atoms with Crippen LogP contribution in [0.5, 0.6) is 17.2 Å². The van der Waals surface area contributed by atoms with Gasteiger partial charge in [0.25, 0.3) is 11.8 Å². The summed E-state index contributed by atoms with van der Waals surface area (Å²) in [7, 11) is 0. The van der Waals surface area contributed by atoms with Crippen LogP contribution in [-0.2, 0) is 4.79 Å². The number of amides is 2. The number of ether oxygens (including phenoxy) is 2. The molecular weight excluding hydrogens is 410 g/mol. The number of phenols is 1. The third kappa shape index (κ3) is 5.11. The van der Waals surface area contributed by atoms with Crippen LogP contribution in [0, 0.1) is 0 Å². The van der Waals surface area contributed by atoms with Gasteiger partial charge in [-0.1, -0.05) is 24.3 Å². The molecule has 0 saturated carbocycles. The summed E-state index contributed by atoms with van der Waals surface area (Å²) in [5, 5.41) is 15.9. The van der Waals surface area contributed by atoms with Crippen LogP contribution in [0.15, 0.2) is 83.6 Å². The maximum Gasteiger partial charge on any atom is 0.287 e. The summed E-state index contributed by atoms with van der Waals surface area (Å²) >= 11 is 0. The lowest BCUT2D eigenvalue weighted by Gasteiger charge is -2.09. The van der Waals surface area contributed by atoms with Gasteiger partial charge in [-0.15, -0.1) is 0 Å². The van der Waals surface area contributed by atoms with E-state index < -0.39 is 11.8 Å². The molecule has 32 heavy (non-hydrogen) atoms. The van der Waals surface area contributed by atoms with Gasteiger partial charge in [0.1, 0.15) is 11.4 Å². The Hall–Kier alpha value is -4.59. The number of rotatable bonds is 6. The van der Waals surface area contributed by atoms with Crippen molar-refractivity contribution in [2.75, 3.05) is 6.79 Å². The van der Waals surface area contributed by atoms with Crippen molar-refractivity contribution in [3.05, 3.63) is 95.2 Å². The predicted molar refractivity (Wildman–Crippen MR) is 118 cm³/mol. The molecule has 0 spiro atoms. The topological polar surface area (TPSA) is 109 Å². The highest BCUT2D eigenvalue weighted by Gasteiger charge is 2.16. The van der Waals surface area contributed by atoms with Crippen molar-refractivity contribution >= 4 is 24.1 Å². The lowest BCUT2D eigenvalue weighted by Crippen LogP contribution is -2.32. The molecule has 3 N–H and O–H groups in total. The van der Waals surface area contributed by atoms with Crippen LogP contribution in [0.3, 0.4) is 0 Å². The highest BCUT2D eigenvalue weighted by Crippen LogP contribution is 2.33. The van der Waals surface area contributed by atoms with E-state index in [-0.39, 0.29) is 18.2 Å². The highest BCUT2D eigenvalue weighted by molar-refractivity contribution is 6.05. The summed E-state index contributed by atoms with van der Waals surface area (Å²) in [6, 6.07) is 20.0. The quantitative estimate of drug-likeness (QED) is 0.317. The number of aromatic hydroxyl groups is 1. The van der Waals surface area contributed by atoms with Crippen molar-refractivity contribution in [1.29, 1.82) is 0 Å². The van der Waals surface area contributed by atoms with Gasteiger partial charge in [-0.25, -0.2) is 5.43 Å². The van der Waals surface area contributed by atoms with Gasteiger partial charge in [0, 0.05) is 5.56 Å². The van der Waals surface area contributed by atoms with Crippen LogP contribution in [0.25, 0.3) is 6.08 Å². The van der Waals surface area contributed by atoms with E-state index in [0.29, 0.717) is 28.2 Å². The lowest BCUT2D eigenvalue weighted by atomic mass is 10.1. The lowest BCUT2D eigenvalue weighted by molar-refractivity contribution is -0.117. The molecule has 3 aromatic carbocycles. The molecular formula is C24H19N3O5. The summed E-state index contributed by atoms with van der Waals surface area (Å²) < 4.78 is 10.7. The Balaban J connectivity index is 1.55. The van der Waals surface area contributed by atoms with Gasteiger partial charge in [0.05, 0.1) is 6.21 Å². The third-order valence-corrected chi connectivity index (χ3v) is 4.51. The van der Waals surface area contributed by atoms with Gasteiger partial charge in [-0.3, -0.25) is 9.59 Å². The smallest absolute Gasteiger partial charge is 0.287 e. The summed E-state index contributed by atoms with van der Waals surface area (Å²) in [4.78, 5) is 25.4. The number of nitrogens with one attached hydrogen (secondary N) is 2. The molecule has 8 nitrogen and oxygen atoms in total.